The van der Waals surface area contributed by atoms with Crippen molar-refractivity contribution in [2.24, 2.45) is 0 Å². The number of anilines is 1. The van der Waals surface area contributed by atoms with E-state index in [0.29, 0.717) is 22.7 Å². The molecule has 1 aromatic heterocycles. The number of hydrogen-bond acceptors (Lipinski definition) is 5. The molecule has 0 spiro atoms. The molecule has 1 aliphatic rings. The summed E-state index contributed by atoms with van der Waals surface area (Å²) in [5.74, 6) is -0.538. The summed E-state index contributed by atoms with van der Waals surface area (Å²) in [5.41, 5.74) is 3.16. The van der Waals surface area contributed by atoms with E-state index in [4.69, 9.17) is 4.74 Å². The fourth-order valence-electron chi connectivity index (χ4n) is 2.04. The largest absolute Gasteiger partial charge is 0.462 e. The van der Waals surface area contributed by atoms with Crippen LogP contribution in [-0.4, -0.2) is 31.6 Å². The van der Waals surface area contributed by atoms with Gasteiger partial charge in [-0.3, -0.25) is 4.79 Å². The smallest absolute Gasteiger partial charge is 0.341 e. The third kappa shape index (κ3) is 3.16. The van der Waals surface area contributed by atoms with E-state index in [1.807, 2.05) is 20.8 Å². The van der Waals surface area contributed by atoms with E-state index < -0.39 is 0 Å². The third-order valence-electron chi connectivity index (χ3n) is 3.64. The number of amides is 1. The molecule has 2 N–H and O–H groups in total. The Morgan fingerprint density at radius 2 is 2.00 bits per heavy atom. The molecule has 6 heteroatoms. The van der Waals surface area contributed by atoms with Crippen LogP contribution in [0.25, 0.3) is 0 Å². The van der Waals surface area contributed by atoms with Gasteiger partial charge in [0.05, 0.1) is 12.2 Å². The zero-order valence-electron chi connectivity index (χ0n) is 12.8. The molecule has 2 rings (SSSR count). The Hall–Kier alpha value is -1.66. The highest BCUT2D eigenvalue weighted by Gasteiger charge is 2.23. The maximum Gasteiger partial charge on any atom is 0.341 e. The van der Waals surface area contributed by atoms with E-state index in [9.17, 15) is 9.59 Å². The van der Waals surface area contributed by atoms with Gasteiger partial charge in [-0.1, -0.05) is 0 Å². The van der Waals surface area contributed by atoms with E-state index in [-0.39, 0.29) is 11.9 Å². The molecule has 1 fully saturated rings. The average Bonchev–Trinajstić information content (AvgIpc) is 2.63. The SMILES string of the molecule is CCOC(=O)c1c(NC(=O)C(C)=C2CNC2)sc(C)c1C. The van der Waals surface area contributed by atoms with E-state index in [2.05, 4.69) is 10.6 Å². The highest BCUT2D eigenvalue weighted by Crippen LogP contribution is 2.33. The fraction of sp³-hybridized carbons (Fsp3) is 0.467. The minimum absolute atomic E-state index is 0.154. The number of carbonyl (C=O) groups excluding carboxylic acids is 2. The lowest BCUT2D eigenvalue weighted by Gasteiger charge is -2.21. The molecular formula is C15H20N2O3S. The summed E-state index contributed by atoms with van der Waals surface area (Å²) in [5, 5.41) is 6.53. The second-order valence-corrected chi connectivity index (χ2v) is 6.22. The number of aryl methyl sites for hydroxylation is 1. The summed E-state index contributed by atoms with van der Waals surface area (Å²) in [4.78, 5) is 25.3. The number of thiophene rings is 1. The van der Waals surface area contributed by atoms with Gasteiger partial charge in [-0.2, -0.15) is 0 Å². The highest BCUT2D eigenvalue weighted by molar-refractivity contribution is 7.16. The molecule has 1 aromatic rings. The summed E-state index contributed by atoms with van der Waals surface area (Å²) in [7, 11) is 0. The Balaban J connectivity index is 2.25. The van der Waals surface area contributed by atoms with Gasteiger partial charge in [0.25, 0.3) is 5.91 Å². The Morgan fingerprint density at radius 3 is 2.52 bits per heavy atom. The molecule has 5 nitrogen and oxygen atoms in total. The van der Waals surface area contributed by atoms with Gasteiger partial charge in [0.1, 0.15) is 5.00 Å². The molecule has 0 unspecified atom stereocenters. The number of nitrogens with one attached hydrogen (secondary N) is 2. The third-order valence-corrected chi connectivity index (χ3v) is 4.76. The van der Waals surface area contributed by atoms with Crippen LogP contribution in [0.1, 0.15) is 34.6 Å². The summed E-state index contributed by atoms with van der Waals surface area (Å²) in [6.07, 6.45) is 0. The predicted molar refractivity (Wildman–Crippen MR) is 83.9 cm³/mol. The maximum absolute atomic E-state index is 12.3. The van der Waals surface area contributed by atoms with Crippen LogP contribution in [0.2, 0.25) is 0 Å². The molecule has 0 aromatic carbocycles. The monoisotopic (exact) mass is 308 g/mol. The molecule has 0 atom stereocenters. The van der Waals surface area contributed by atoms with Gasteiger partial charge in [-0.25, -0.2) is 4.79 Å². The summed E-state index contributed by atoms with van der Waals surface area (Å²) >= 11 is 1.41. The van der Waals surface area contributed by atoms with Crippen LogP contribution in [0.4, 0.5) is 5.00 Å². The lowest BCUT2D eigenvalue weighted by Crippen LogP contribution is -2.36. The van der Waals surface area contributed by atoms with Crippen molar-refractivity contribution < 1.29 is 14.3 Å². The van der Waals surface area contributed by atoms with Crippen molar-refractivity contribution in [2.75, 3.05) is 25.0 Å². The van der Waals surface area contributed by atoms with Crippen LogP contribution < -0.4 is 10.6 Å². The van der Waals surface area contributed by atoms with Crippen molar-refractivity contribution in [3.05, 3.63) is 27.2 Å². The van der Waals surface area contributed by atoms with Gasteiger partial charge < -0.3 is 15.4 Å². The molecule has 0 aliphatic carbocycles. The summed E-state index contributed by atoms with van der Waals surface area (Å²) in [6.45, 7) is 9.20. The topological polar surface area (TPSA) is 67.4 Å². The lowest BCUT2D eigenvalue weighted by atomic mass is 10.0. The molecule has 2 heterocycles. The molecule has 21 heavy (non-hydrogen) atoms. The second kappa shape index (κ2) is 6.41. The first-order valence-electron chi connectivity index (χ1n) is 6.93. The van der Waals surface area contributed by atoms with Crippen LogP contribution in [0.15, 0.2) is 11.1 Å². The number of ether oxygens (including phenoxy) is 1. The van der Waals surface area contributed by atoms with Crippen LogP contribution in [0, 0.1) is 13.8 Å². The molecule has 1 saturated heterocycles. The van der Waals surface area contributed by atoms with Crippen LogP contribution in [-0.2, 0) is 9.53 Å². The van der Waals surface area contributed by atoms with E-state index in [1.54, 1.807) is 6.92 Å². The average molecular weight is 308 g/mol. The number of rotatable bonds is 4. The maximum atomic E-state index is 12.3. The molecule has 1 aliphatic heterocycles. The van der Waals surface area contributed by atoms with Crippen molar-refractivity contribution in [3.63, 3.8) is 0 Å². The van der Waals surface area contributed by atoms with Crippen molar-refractivity contribution in [3.8, 4) is 0 Å². The van der Waals surface area contributed by atoms with Crippen molar-refractivity contribution in [2.45, 2.75) is 27.7 Å². The molecule has 0 bridgehead atoms. The molecule has 1 amide bonds. The first-order valence-corrected chi connectivity index (χ1v) is 7.75. The Kier molecular flexibility index (Phi) is 4.80. The number of carbonyl (C=O) groups is 2. The molecule has 0 radical (unpaired) electrons. The Labute approximate surface area is 128 Å². The zero-order chi connectivity index (χ0) is 15.6. The van der Waals surface area contributed by atoms with Gasteiger partial charge in [0.2, 0.25) is 0 Å². The standard InChI is InChI=1S/C15H20N2O3S/c1-5-20-15(19)12-8(2)10(4)21-14(12)17-13(18)9(3)11-6-16-7-11/h16H,5-7H2,1-4H3,(H,17,18). The predicted octanol–water partition coefficient (Wildman–Crippen LogP) is 2.40. The molecule has 114 valence electrons. The van der Waals surface area contributed by atoms with Gasteiger partial charge in [0.15, 0.2) is 0 Å². The first kappa shape index (κ1) is 15.7. The van der Waals surface area contributed by atoms with Gasteiger partial charge in [-0.15, -0.1) is 11.3 Å². The fourth-order valence-corrected chi connectivity index (χ4v) is 3.08. The minimum Gasteiger partial charge on any atom is -0.462 e. The Bertz CT molecular complexity index is 611. The van der Waals surface area contributed by atoms with Crippen molar-refractivity contribution in [1.29, 1.82) is 0 Å². The molecule has 0 saturated carbocycles. The minimum atomic E-state index is -0.384. The van der Waals surface area contributed by atoms with Gasteiger partial charge >= 0.3 is 5.97 Å². The van der Waals surface area contributed by atoms with Crippen LogP contribution in [0.3, 0.4) is 0 Å². The van der Waals surface area contributed by atoms with E-state index in [0.717, 1.165) is 29.1 Å². The Morgan fingerprint density at radius 1 is 1.33 bits per heavy atom. The zero-order valence-corrected chi connectivity index (χ0v) is 13.6. The van der Waals surface area contributed by atoms with Crippen LogP contribution in [0.5, 0.6) is 0 Å². The van der Waals surface area contributed by atoms with Crippen LogP contribution >= 0.6 is 11.3 Å². The number of esters is 1. The quantitative estimate of drug-likeness (QED) is 0.662. The van der Waals surface area contributed by atoms with Crippen molar-refractivity contribution in [1.82, 2.24) is 5.32 Å². The normalized spacial score (nSPS) is 13.6. The molecular weight excluding hydrogens is 288 g/mol. The van der Waals surface area contributed by atoms with E-state index >= 15 is 0 Å². The van der Waals surface area contributed by atoms with Crippen molar-refractivity contribution >= 4 is 28.2 Å². The second-order valence-electron chi connectivity index (χ2n) is 4.99. The lowest BCUT2D eigenvalue weighted by molar-refractivity contribution is -0.112. The van der Waals surface area contributed by atoms with Gasteiger partial charge in [0, 0.05) is 23.5 Å². The summed E-state index contributed by atoms with van der Waals surface area (Å²) in [6, 6.07) is 0. The van der Waals surface area contributed by atoms with E-state index in [1.165, 1.54) is 11.3 Å². The van der Waals surface area contributed by atoms with Gasteiger partial charge in [-0.05, 0) is 38.8 Å². The number of hydrogen-bond donors (Lipinski definition) is 2. The first-order chi connectivity index (χ1) is 9.95. The summed E-state index contributed by atoms with van der Waals surface area (Å²) < 4.78 is 5.08. The highest BCUT2D eigenvalue weighted by atomic mass is 32.1.